The summed E-state index contributed by atoms with van der Waals surface area (Å²) in [5.74, 6) is -0.992. The molecule has 0 atom stereocenters. The average molecular weight is 334 g/mol. The van der Waals surface area contributed by atoms with Crippen LogP contribution in [0.5, 0.6) is 5.75 Å². The van der Waals surface area contributed by atoms with E-state index in [4.69, 9.17) is 4.74 Å². The maximum absolute atomic E-state index is 12.3. The Morgan fingerprint density at radius 3 is 2.28 bits per heavy atom. The molecule has 0 saturated carbocycles. The average Bonchev–Trinajstić information content (AvgIpc) is 2.62. The summed E-state index contributed by atoms with van der Waals surface area (Å²) in [6.07, 6.45) is 0. The lowest BCUT2D eigenvalue weighted by molar-refractivity contribution is -0.132. The number of nitrogens with one attached hydrogen (secondary N) is 2. The minimum atomic E-state index is -0.753. The summed E-state index contributed by atoms with van der Waals surface area (Å²) in [7, 11) is 1.51. The molecule has 0 aromatic heterocycles. The molecule has 0 unspecified atom stereocenters. The van der Waals surface area contributed by atoms with Crippen molar-refractivity contribution in [3.05, 3.63) is 66.2 Å². The lowest BCUT2D eigenvalue weighted by Gasteiger charge is -2.12. The monoisotopic (exact) mass is 334 g/mol. The van der Waals surface area contributed by atoms with Gasteiger partial charge < -0.3 is 15.4 Å². The number of aryl methyl sites for hydroxylation is 1. The quantitative estimate of drug-likeness (QED) is 0.717. The Labute approximate surface area is 145 Å². The third-order valence-corrected chi connectivity index (χ3v) is 3.85. The predicted octanol–water partition coefficient (Wildman–Crippen LogP) is 3.73. The van der Waals surface area contributed by atoms with Crippen LogP contribution >= 0.6 is 0 Å². The van der Waals surface area contributed by atoms with Gasteiger partial charge in [-0.1, -0.05) is 42.5 Å². The molecule has 0 saturated heterocycles. The number of carbonyl (C=O) groups is 2. The molecule has 5 heteroatoms. The highest BCUT2D eigenvalue weighted by Crippen LogP contribution is 2.26. The van der Waals surface area contributed by atoms with Gasteiger partial charge in [-0.2, -0.15) is 0 Å². The van der Waals surface area contributed by atoms with E-state index in [1.165, 1.54) is 7.11 Å². The molecule has 3 aromatic carbocycles. The topological polar surface area (TPSA) is 67.4 Å². The molecule has 2 amide bonds. The Morgan fingerprint density at radius 1 is 0.840 bits per heavy atom. The molecule has 126 valence electrons. The second-order valence-corrected chi connectivity index (χ2v) is 5.64. The van der Waals surface area contributed by atoms with E-state index in [1.54, 1.807) is 18.2 Å². The largest absolute Gasteiger partial charge is 0.495 e. The van der Waals surface area contributed by atoms with Crippen molar-refractivity contribution in [2.75, 3.05) is 17.7 Å². The van der Waals surface area contributed by atoms with E-state index >= 15 is 0 Å². The second-order valence-electron chi connectivity index (χ2n) is 5.64. The lowest BCUT2D eigenvalue weighted by Crippen LogP contribution is -2.29. The summed E-state index contributed by atoms with van der Waals surface area (Å²) in [6.45, 7) is 1.89. The normalized spacial score (nSPS) is 10.3. The summed E-state index contributed by atoms with van der Waals surface area (Å²) in [5, 5.41) is 7.12. The van der Waals surface area contributed by atoms with E-state index in [9.17, 15) is 9.59 Å². The predicted molar refractivity (Wildman–Crippen MR) is 98.9 cm³/mol. The number of amides is 2. The number of hydrogen-bond acceptors (Lipinski definition) is 3. The van der Waals surface area contributed by atoms with Crippen LogP contribution in [-0.2, 0) is 9.59 Å². The molecule has 0 radical (unpaired) electrons. The highest BCUT2D eigenvalue weighted by molar-refractivity contribution is 6.44. The zero-order valence-electron chi connectivity index (χ0n) is 14.0. The third kappa shape index (κ3) is 3.61. The Kier molecular flexibility index (Phi) is 4.66. The number of fused-ring (bicyclic) bond motifs is 1. The number of ether oxygens (including phenoxy) is 1. The van der Waals surface area contributed by atoms with Gasteiger partial charge in [0.15, 0.2) is 0 Å². The number of carbonyl (C=O) groups excluding carboxylic acids is 2. The number of rotatable bonds is 3. The molecule has 3 rings (SSSR count). The van der Waals surface area contributed by atoms with Crippen molar-refractivity contribution >= 4 is 34.0 Å². The van der Waals surface area contributed by atoms with Crippen LogP contribution in [0.25, 0.3) is 10.8 Å². The van der Waals surface area contributed by atoms with Gasteiger partial charge in [-0.3, -0.25) is 9.59 Å². The highest BCUT2D eigenvalue weighted by atomic mass is 16.5. The van der Waals surface area contributed by atoms with Crippen molar-refractivity contribution < 1.29 is 14.3 Å². The van der Waals surface area contributed by atoms with E-state index in [0.717, 1.165) is 16.3 Å². The Morgan fingerprint density at radius 2 is 1.52 bits per heavy atom. The van der Waals surface area contributed by atoms with E-state index in [2.05, 4.69) is 10.6 Å². The highest BCUT2D eigenvalue weighted by Gasteiger charge is 2.17. The van der Waals surface area contributed by atoms with Gasteiger partial charge in [-0.25, -0.2) is 0 Å². The van der Waals surface area contributed by atoms with Crippen LogP contribution in [0.3, 0.4) is 0 Å². The van der Waals surface area contributed by atoms with Crippen LogP contribution < -0.4 is 15.4 Å². The van der Waals surface area contributed by atoms with E-state index in [1.807, 2.05) is 49.4 Å². The summed E-state index contributed by atoms with van der Waals surface area (Å²) in [5.41, 5.74) is 2.00. The molecule has 25 heavy (non-hydrogen) atoms. The van der Waals surface area contributed by atoms with Gasteiger partial charge in [0.2, 0.25) is 0 Å². The van der Waals surface area contributed by atoms with Crippen molar-refractivity contribution in [2.45, 2.75) is 6.92 Å². The third-order valence-electron chi connectivity index (χ3n) is 3.85. The fraction of sp³-hybridized carbons (Fsp3) is 0.100. The van der Waals surface area contributed by atoms with Gasteiger partial charge >= 0.3 is 11.8 Å². The minimum Gasteiger partial charge on any atom is -0.495 e. The Hall–Kier alpha value is -3.34. The molecule has 0 aliphatic rings. The fourth-order valence-corrected chi connectivity index (χ4v) is 2.61. The maximum Gasteiger partial charge on any atom is 0.314 e. The Bertz CT molecular complexity index is 945. The standard InChI is InChI=1S/C20H18N2O3/c1-13-10-11-18(25-2)17(12-13)22-20(24)19(23)21-16-9-5-7-14-6-3-4-8-15(14)16/h3-12H,1-2H3,(H,21,23)(H,22,24). The van der Waals surface area contributed by atoms with Crippen molar-refractivity contribution in [2.24, 2.45) is 0 Å². The number of hydrogen-bond donors (Lipinski definition) is 2. The summed E-state index contributed by atoms with van der Waals surface area (Å²) in [6, 6.07) is 18.6. The Balaban J connectivity index is 1.79. The first-order valence-corrected chi connectivity index (χ1v) is 7.83. The van der Waals surface area contributed by atoms with Crippen LogP contribution in [0.15, 0.2) is 60.7 Å². The molecule has 0 spiro atoms. The SMILES string of the molecule is COc1ccc(C)cc1NC(=O)C(=O)Nc1cccc2ccccc12. The summed E-state index contributed by atoms with van der Waals surface area (Å²) in [4.78, 5) is 24.5. The van der Waals surface area contributed by atoms with E-state index in [0.29, 0.717) is 17.1 Å². The molecule has 0 aliphatic carbocycles. The van der Waals surface area contributed by atoms with Gasteiger partial charge in [-0.15, -0.1) is 0 Å². The first-order chi connectivity index (χ1) is 12.1. The van der Waals surface area contributed by atoms with Gasteiger partial charge in [-0.05, 0) is 36.1 Å². The first kappa shape index (κ1) is 16.5. The number of anilines is 2. The number of methoxy groups -OCH3 is 1. The molecule has 2 N–H and O–H groups in total. The van der Waals surface area contributed by atoms with Crippen LogP contribution in [0.2, 0.25) is 0 Å². The van der Waals surface area contributed by atoms with Crippen LogP contribution in [0.4, 0.5) is 11.4 Å². The van der Waals surface area contributed by atoms with Crippen LogP contribution in [0.1, 0.15) is 5.56 Å². The molecule has 0 heterocycles. The van der Waals surface area contributed by atoms with Crippen molar-refractivity contribution in [1.29, 1.82) is 0 Å². The summed E-state index contributed by atoms with van der Waals surface area (Å²) < 4.78 is 5.21. The van der Waals surface area contributed by atoms with Crippen LogP contribution in [-0.4, -0.2) is 18.9 Å². The van der Waals surface area contributed by atoms with E-state index in [-0.39, 0.29) is 0 Å². The molecular weight excluding hydrogens is 316 g/mol. The zero-order chi connectivity index (χ0) is 17.8. The van der Waals surface area contributed by atoms with Crippen LogP contribution in [0, 0.1) is 6.92 Å². The van der Waals surface area contributed by atoms with Crippen molar-refractivity contribution in [1.82, 2.24) is 0 Å². The summed E-state index contributed by atoms with van der Waals surface area (Å²) >= 11 is 0. The first-order valence-electron chi connectivity index (χ1n) is 7.83. The zero-order valence-corrected chi connectivity index (χ0v) is 14.0. The molecule has 0 bridgehead atoms. The number of benzene rings is 3. The second kappa shape index (κ2) is 7.05. The molecular formula is C20H18N2O3. The fourth-order valence-electron chi connectivity index (χ4n) is 2.61. The molecule has 3 aromatic rings. The van der Waals surface area contributed by atoms with Gasteiger partial charge in [0.05, 0.1) is 12.8 Å². The van der Waals surface area contributed by atoms with Gasteiger partial charge in [0.1, 0.15) is 5.75 Å². The van der Waals surface area contributed by atoms with Gasteiger partial charge in [0.25, 0.3) is 0 Å². The minimum absolute atomic E-state index is 0.459. The van der Waals surface area contributed by atoms with E-state index < -0.39 is 11.8 Å². The van der Waals surface area contributed by atoms with Crippen molar-refractivity contribution in [3.8, 4) is 5.75 Å². The molecule has 5 nitrogen and oxygen atoms in total. The van der Waals surface area contributed by atoms with Crippen molar-refractivity contribution in [3.63, 3.8) is 0 Å². The smallest absolute Gasteiger partial charge is 0.314 e. The van der Waals surface area contributed by atoms with Gasteiger partial charge in [0, 0.05) is 11.1 Å². The molecule has 0 fully saturated rings. The molecule has 0 aliphatic heterocycles. The maximum atomic E-state index is 12.3. The lowest BCUT2D eigenvalue weighted by atomic mass is 10.1.